The summed E-state index contributed by atoms with van der Waals surface area (Å²) in [5.74, 6) is 0.778. The summed E-state index contributed by atoms with van der Waals surface area (Å²) >= 11 is 0. The second-order valence-corrected chi connectivity index (χ2v) is 5.45. The van der Waals surface area contributed by atoms with E-state index in [2.05, 4.69) is 5.32 Å². The Morgan fingerprint density at radius 3 is 2.90 bits per heavy atom. The lowest BCUT2D eigenvalue weighted by molar-refractivity contribution is -0.142. The molecule has 0 aromatic heterocycles. The maximum atomic E-state index is 11.2. The Kier molecular flexibility index (Phi) is 4.84. The number of carbonyl (C=O) groups is 1. The van der Waals surface area contributed by atoms with Gasteiger partial charge in [0.05, 0.1) is 5.92 Å². The smallest absolute Gasteiger partial charge is 0.307 e. The lowest BCUT2D eigenvalue weighted by Crippen LogP contribution is -2.29. The Labute approximate surface area is 118 Å². The van der Waals surface area contributed by atoms with Crippen LogP contribution in [0.15, 0.2) is 18.2 Å². The molecule has 1 aromatic carbocycles. The molecule has 2 N–H and O–H groups in total. The van der Waals surface area contributed by atoms with Crippen molar-refractivity contribution < 1.29 is 19.4 Å². The van der Waals surface area contributed by atoms with Crippen LogP contribution in [0.5, 0.6) is 11.5 Å². The minimum Gasteiger partial charge on any atom is -0.481 e. The first kappa shape index (κ1) is 14.7. The molecule has 0 spiro atoms. The normalized spacial score (nSPS) is 14.6. The van der Waals surface area contributed by atoms with Gasteiger partial charge in [-0.3, -0.25) is 4.79 Å². The summed E-state index contributed by atoms with van der Waals surface area (Å²) in [7, 11) is 0. The monoisotopic (exact) mass is 279 g/mol. The number of para-hydroxylation sites is 1. The zero-order chi connectivity index (χ0) is 14.5. The van der Waals surface area contributed by atoms with E-state index in [4.69, 9.17) is 9.47 Å². The highest BCUT2D eigenvalue weighted by molar-refractivity contribution is 5.70. The standard InChI is InChI=1S/C15H21NO4/c1-10(2)6-12(15(17)18)8-16-7-11-4-3-5-13-14(11)20-9-19-13/h3-5,10,12,16H,6-9H2,1-2H3,(H,17,18). The van der Waals surface area contributed by atoms with Crippen molar-refractivity contribution in [1.82, 2.24) is 5.32 Å². The van der Waals surface area contributed by atoms with E-state index in [1.54, 1.807) is 0 Å². The van der Waals surface area contributed by atoms with E-state index in [0.717, 1.165) is 17.1 Å². The van der Waals surface area contributed by atoms with Crippen LogP contribution in [0, 0.1) is 11.8 Å². The molecule has 5 nitrogen and oxygen atoms in total. The van der Waals surface area contributed by atoms with Crippen LogP contribution in [0.25, 0.3) is 0 Å². The van der Waals surface area contributed by atoms with Crippen molar-refractivity contribution in [2.45, 2.75) is 26.8 Å². The molecule has 2 rings (SSSR count). The highest BCUT2D eigenvalue weighted by atomic mass is 16.7. The quantitative estimate of drug-likeness (QED) is 0.801. The Hall–Kier alpha value is -1.75. The number of carboxylic acid groups (broad SMARTS) is 1. The van der Waals surface area contributed by atoms with E-state index in [1.165, 1.54) is 0 Å². The molecule has 5 heteroatoms. The summed E-state index contributed by atoms with van der Waals surface area (Å²) in [5, 5.41) is 12.4. The lowest BCUT2D eigenvalue weighted by atomic mass is 9.97. The van der Waals surface area contributed by atoms with Gasteiger partial charge in [0.25, 0.3) is 0 Å². The van der Waals surface area contributed by atoms with E-state index < -0.39 is 5.97 Å². The predicted molar refractivity (Wildman–Crippen MR) is 74.9 cm³/mol. The van der Waals surface area contributed by atoms with Crippen molar-refractivity contribution in [3.05, 3.63) is 23.8 Å². The summed E-state index contributed by atoms with van der Waals surface area (Å²) < 4.78 is 10.7. The van der Waals surface area contributed by atoms with Crippen LogP contribution in [0.4, 0.5) is 0 Å². The maximum Gasteiger partial charge on any atom is 0.307 e. The molecule has 0 saturated carbocycles. The van der Waals surface area contributed by atoms with Gasteiger partial charge in [-0.25, -0.2) is 0 Å². The predicted octanol–water partition coefficient (Wildman–Crippen LogP) is 2.25. The van der Waals surface area contributed by atoms with Gasteiger partial charge in [0.15, 0.2) is 11.5 Å². The summed E-state index contributed by atoms with van der Waals surface area (Å²) in [5.41, 5.74) is 0.994. The van der Waals surface area contributed by atoms with Crippen LogP contribution < -0.4 is 14.8 Å². The van der Waals surface area contributed by atoms with Crippen LogP contribution in [0.1, 0.15) is 25.8 Å². The fourth-order valence-corrected chi connectivity index (χ4v) is 2.35. The molecule has 0 saturated heterocycles. The third-order valence-electron chi connectivity index (χ3n) is 3.29. The fourth-order valence-electron chi connectivity index (χ4n) is 2.35. The molecule has 0 fully saturated rings. The van der Waals surface area contributed by atoms with Crippen LogP contribution in [-0.2, 0) is 11.3 Å². The van der Waals surface area contributed by atoms with E-state index in [-0.39, 0.29) is 12.7 Å². The van der Waals surface area contributed by atoms with Gasteiger partial charge in [-0.1, -0.05) is 26.0 Å². The average molecular weight is 279 g/mol. The van der Waals surface area contributed by atoms with E-state index in [0.29, 0.717) is 25.4 Å². The fraction of sp³-hybridized carbons (Fsp3) is 0.533. The number of nitrogens with one attached hydrogen (secondary N) is 1. The van der Waals surface area contributed by atoms with Crippen molar-refractivity contribution in [2.75, 3.05) is 13.3 Å². The van der Waals surface area contributed by atoms with Gasteiger partial charge in [-0.2, -0.15) is 0 Å². The SMILES string of the molecule is CC(C)CC(CNCc1cccc2c1OCO2)C(=O)O. The summed E-state index contributed by atoms with van der Waals surface area (Å²) in [6, 6.07) is 5.73. The number of aliphatic carboxylic acids is 1. The first-order chi connectivity index (χ1) is 9.58. The molecule has 110 valence electrons. The average Bonchev–Trinajstić information content (AvgIpc) is 2.86. The highest BCUT2D eigenvalue weighted by Crippen LogP contribution is 2.35. The molecule has 20 heavy (non-hydrogen) atoms. The van der Waals surface area contributed by atoms with Crippen LogP contribution in [0.3, 0.4) is 0 Å². The Morgan fingerprint density at radius 2 is 2.20 bits per heavy atom. The van der Waals surface area contributed by atoms with Crippen molar-refractivity contribution >= 4 is 5.97 Å². The van der Waals surface area contributed by atoms with Crippen molar-refractivity contribution in [3.63, 3.8) is 0 Å². The Bertz CT molecular complexity index is 473. The number of rotatable bonds is 7. The summed E-state index contributed by atoms with van der Waals surface area (Å²) in [4.78, 5) is 11.2. The number of hydrogen-bond donors (Lipinski definition) is 2. The molecule has 0 bridgehead atoms. The van der Waals surface area contributed by atoms with E-state index >= 15 is 0 Å². The molecule has 0 radical (unpaired) electrons. The van der Waals surface area contributed by atoms with E-state index in [1.807, 2.05) is 32.0 Å². The molecule has 1 atom stereocenters. The minimum absolute atomic E-state index is 0.247. The third-order valence-corrected chi connectivity index (χ3v) is 3.29. The zero-order valence-corrected chi connectivity index (χ0v) is 11.9. The number of carboxylic acids is 1. The first-order valence-electron chi connectivity index (χ1n) is 6.89. The number of ether oxygens (including phenoxy) is 2. The topological polar surface area (TPSA) is 67.8 Å². The molecule has 0 amide bonds. The van der Waals surface area contributed by atoms with Crippen molar-refractivity contribution in [3.8, 4) is 11.5 Å². The highest BCUT2D eigenvalue weighted by Gasteiger charge is 2.20. The second kappa shape index (κ2) is 6.61. The lowest BCUT2D eigenvalue weighted by Gasteiger charge is -2.15. The molecule has 0 aliphatic carbocycles. The van der Waals surface area contributed by atoms with Gasteiger partial charge in [-0.15, -0.1) is 0 Å². The molecular formula is C15H21NO4. The van der Waals surface area contributed by atoms with Gasteiger partial charge in [0.1, 0.15) is 0 Å². The van der Waals surface area contributed by atoms with Gasteiger partial charge in [0, 0.05) is 18.7 Å². The van der Waals surface area contributed by atoms with Crippen LogP contribution in [0.2, 0.25) is 0 Å². The Morgan fingerprint density at radius 1 is 1.40 bits per heavy atom. The molecule has 1 heterocycles. The minimum atomic E-state index is -0.746. The molecular weight excluding hydrogens is 258 g/mol. The number of benzene rings is 1. The molecule has 1 unspecified atom stereocenters. The van der Waals surface area contributed by atoms with E-state index in [9.17, 15) is 9.90 Å². The molecule has 1 aliphatic rings. The van der Waals surface area contributed by atoms with Gasteiger partial charge < -0.3 is 19.9 Å². The largest absolute Gasteiger partial charge is 0.481 e. The van der Waals surface area contributed by atoms with Crippen LogP contribution in [-0.4, -0.2) is 24.4 Å². The molecule has 1 aliphatic heterocycles. The van der Waals surface area contributed by atoms with Gasteiger partial charge in [-0.05, 0) is 18.4 Å². The Balaban J connectivity index is 1.89. The zero-order valence-electron chi connectivity index (χ0n) is 11.9. The van der Waals surface area contributed by atoms with Crippen molar-refractivity contribution in [2.24, 2.45) is 11.8 Å². The summed E-state index contributed by atoms with van der Waals surface area (Å²) in [6.07, 6.45) is 0.675. The van der Waals surface area contributed by atoms with Gasteiger partial charge in [0.2, 0.25) is 6.79 Å². The second-order valence-electron chi connectivity index (χ2n) is 5.45. The van der Waals surface area contributed by atoms with Crippen LogP contribution >= 0.6 is 0 Å². The third kappa shape index (κ3) is 3.63. The van der Waals surface area contributed by atoms with Gasteiger partial charge >= 0.3 is 5.97 Å². The molecule has 1 aromatic rings. The summed E-state index contributed by atoms with van der Waals surface area (Å²) in [6.45, 7) is 5.35. The van der Waals surface area contributed by atoms with Crippen molar-refractivity contribution in [1.29, 1.82) is 0 Å². The first-order valence-corrected chi connectivity index (χ1v) is 6.89. The number of fused-ring (bicyclic) bond motifs is 1. The maximum absolute atomic E-state index is 11.2. The number of hydrogen-bond acceptors (Lipinski definition) is 4.